The molecule has 6 aliphatic heterocycles. The lowest BCUT2D eigenvalue weighted by Gasteiger charge is -2.59. The minimum absolute atomic E-state index is 0.00212. The second-order valence-electron chi connectivity index (χ2n) is 11.9. The number of ketones is 1. The van der Waals surface area contributed by atoms with Gasteiger partial charge in [0.15, 0.2) is 23.0 Å². The van der Waals surface area contributed by atoms with E-state index in [9.17, 15) is 24.8 Å². The van der Waals surface area contributed by atoms with Crippen molar-refractivity contribution in [3.05, 3.63) is 39.4 Å². The Bertz CT molecular complexity index is 1700. The third kappa shape index (κ3) is 3.80. The molecule has 2 fully saturated rings. The number of thioether (sulfide) groups is 1. The van der Waals surface area contributed by atoms with Crippen LogP contribution >= 0.6 is 11.8 Å². The third-order valence-corrected chi connectivity index (χ3v) is 10.8. The fourth-order valence-electron chi connectivity index (χ4n) is 8.00. The Labute approximate surface area is 257 Å². The van der Waals surface area contributed by atoms with Crippen molar-refractivity contribution < 1.29 is 43.2 Å². The van der Waals surface area contributed by atoms with Crippen LogP contribution in [-0.2, 0) is 25.5 Å². The number of phenolic OH excluding ortho intramolecular Hbond substituents is 1. The van der Waals surface area contributed by atoms with Gasteiger partial charge in [0.1, 0.15) is 17.9 Å². The number of hydrogen-bond donors (Lipinski definition) is 1. The molecule has 1 N–H and O–H groups in total. The number of phenols is 1. The predicted octanol–water partition coefficient (Wildman–Crippen LogP) is 2.80. The van der Waals surface area contributed by atoms with Crippen molar-refractivity contribution in [1.29, 1.82) is 5.26 Å². The maximum atomic E-state index is 12.9. The highest BCUT2D eigenvalue weighted by atomic mass is 32.2. The van der Waals surface area contributed by atoms with Crippen LogP contribution in [0.3, 0.4) is 0 Å². The molecule has 0 radical (unpaired) electrons. The molecule has 6 atom stereocenters. The van der Waals surface area contributed by atoms with Crippen molar-refractivity contribution in [2.75, 3.05) is 39.9 Å². The zero-order chi connectivity index (χ0) is 31.2. The largest absolute Gasteiger partial charge is 0.504 e. The number of hydrogen-bond acceptors (Lipinski definition) is 13. The Hall–Kier alpha value is -3.99. The SMILES string of the molecule is COc1c(C)cc2c(c1O)[C@H]1C3[C@@H]4SCC(=O)C(=O)OCC(c5c6c(c(C)c(OC(C)=O)c54)OCO6)N3C(C#N)(C2)CN1C. The van der Waals surface area contributed by atoms with E-state index in [0.717, 1.165) is 11.1 Å². The molecule has 2 aromatic rings. The molecule has 0 aliphatic carbocycles. The second-order valence-corrected chi connectivity index (χ2v) is 13.1. The summed E-state index contributed by atoms with van der Waals surface area (Å²) in [4.78, 5) is 42.4. The molecule has 0 amide bonds. The van der Waals surface area contributed by atoms with E-state index in [1.165, 1.54) is 25.8 Å². The lowest BCUT2D eigenvalue weighted by molar-refractivity contribution is -0.157. The number of ether oxygens (including phenoxy) is 5. The molecule has 6 aliphatic rings. The van der Waals surface area contributed by atoms with Crippen LogP contribution in [0.1, 0.15) is 57.6 Å². The van der Waals surface area contributed by atoms with Gasteiger partial charge in [0.05, 0.1) is 36.3 Å². The Balaban J connectivity index is 1.59. The summed E-state index contributed by atoms with van der Waals surface area (Å²) < 4.78 is 29.1. The lowest BCUT2D eigenvalue weighted by Crippen LogP contribution is -2.69. The number of methoxy groups -OCH3 is 1. The van der Waals surface area contributed by atoms with Crippen LogP contribution in [0.25, 0.3) is 0 Å². The summed E-state index contributed by atoms with van der Waals surface area (Å²) in [6, 6.07) is 2.77. The summed E-state index contributed by atoms with van der Waals surface area (Å²) in [6.45, 7) is 4.94. The van der Waals surface area contributed by atoms with Gasteiger partial charge in [-0.3, -0.25) is 19.4 Å². The van der Waals surface area contributed by atoms with E-state index < -0.39 is 46.6 Å². The van der Waals surface area contributed by atoms with Crippen LogP contribution < -0.4 is 18.9 Å². The fourth-order valence-corrected chi connectivity index (χ4v) is 9.33. The highest BCUT2D eigenvalue weighted by Gasteiger charge is 2.63. The minimum Gasteiger partial charge on any atom is -0.504 e. The number of aromatic hydroxyl groups is 1. The summed E-state index contributed by atoms with van der Waals surface area (Å²) in [7, 11) is 3.42. The van der Waals surface area contributed by atoms with Gasteiger partial charge in [-0.15, -0.1) is 11.8 Å². The molecule has 0 spiro atoms. The first-order chi connectivity index (χ1) is 21.0. The van der Waals surface area contributed by atoms with E-state index in [4.69, 9.17) is 23.7 Å². The molecule has 8 rings (SSSR count). The van der Waals surface area contributed by atoms with Gasteiger partial charge in [-0.05, 0) is 32.0 Å². The molecule has 6 heterocycles. The third-order valence-electron chi connectivity index (χ3n) is 9.46. The van der Waals surface area contributed by atoms with Crippen LogP contribution in [0.15, 0.2) is 6.07 Å². The first kappa shape index (κ1) is 28.8. The fraction of sp³-hybridized carbons (Fsp3) is 0.484. The van der Waals surface area contributed by atoms with Gasteiger partial charge in [0, 0.05) is 48.2 Å². The summed E-state index contributed by atoms with van der Waals surface area (Å²) in [5, 5.41) is 22.2. The zero-order valence-electron chi connectivity index (χ0n) is 24.9. The normalized spacial score (nSPS) is 30.0. The van der Waals surface area contributed by atoms with Gasteiger partial charge in [-0.25, -0.2) is 4.79 Å². The Morgan fingerprint density at radius 2 is 1.91 bits per heavy atom. The number of benzene rings is 2. The van der Waals surface area contributed by atoms with E-state index in [2.05, 4.69) is 15.9 Å². The standard InChI is InChI=1S/C31H31N3O9S/c1-13-6-16-7-31(10-32)11-33(4)22(19(16)24(37)25(13)39-5)23-29-21-20(17(34(23)31)8-40-30(38)18(36)9-44-29)28-27(41-12-42-28)14(2)26(21)43-15(3)35/h6,17,22-23,29,37H,7-9,11-12H2,1-5H3/t17?,22-,23?,29+,31?/m0/s1. The molecule has 4 bridgehead atoms. The number of nitriles is 1. The van der Waals surface area contributed by atoms with E-state index in [1.54, 1.807) is 6.92 Å². The Morgan fingerprint density at radius 3 is 2.61 bits per heavy atom. The van der Waals surface area contributed by atoms with Crippen molar-refractivity contribution in [2.45, 2.75) is 56.1 Å². The number of likely N-dealkylation sites (N-methyl/N-ethyl adjacent to an activating group) is 1. The van der Waals surface area contributed by atoms with Crippen molar-refractivity contribution in [3.63, 3.8) is 0 Å². The van der Waals surface area contributed by atoms with E-state index in [1.807, 2.05) is 20.0 Å². The number of carbonyl (C=O) groups is 3. The van der Waals surface area contributed by atoms with Gasteiger partial charge in [-0.2, -0.15) is 5.26 Å². The molecule has 230 valence electrons. The number of carbonyl (C=O) groups excluding carboxylic acids is 3. The number of fused-ring (bicyclic) bond motifs is 6. The molecule has 2 aromatic carbocycles. The van der Waals surface area contributed by atoms with E-state index in [0.29, 0.717) is 46.0 Å². The van der Waals surface area contributed by atoms with Crippen molar-refractivity contribution in [2.24, 2.45) is 0 Å². The van der Waals surface area contributed by atoms with Crippen LogP contribution in [0.5, 0.6) is 28.7 Å². The van der Waals surface area contributed by atoms with Gasteiger partial charge < -0.3 is 28.8 Å². The monoisotopic (exact) mass is 621 g/mol. The molecule has 4 unspecified atom stereocenters. The van der Waals surface area contributed by atoms with Crippen LogP contribution in [0.4, 0.5) is 0 Å². The molecule has 0 aromatic heterocycles. The number of nitrogens with zero attached hydrogens (tertiary/aromatic N) is 3. The number of Topliss-reactive ketones (excluding diaryl/α,β-unsaturated/α-hetero) is 1. The highest BCUT2D eigenvalue weighted by Crippen LogP contribution is 2.65. The summed E-state index contributed by atoms with van der Waals surface area (Å²) in [5.74, 6) is -0.906. The maximum absolute atomic E-state index is 12.9. The van der Waals surface area contributed by atoms with Crippen LogP contribution in [-0.4, -0.2) is 84.1 Å². The Morgan fingerprint density at radius 1 is 1.16 bits per heavy atom. The van der Waals surface area contributed by atoms with Gasteiger partial charge in [0.25, 0.3) is 0 Å². The van der Waals surface area contributed by atoms with Crippen molar-refractivity contribution in [3.8, 4) is 34.8 Å². The molecule has 44 heavy (non-hydrogen) atoms. The summed E-state index contributed by atoms with van der Waals surface area (Å²) in [6.07, 6.45) is 0.271. The number of piperazine rings is 1. The predicted molar refractivity (Wildman–Crippen MR) is 155 cm³/mol. The summed E-state index contributed by atoms with van der Waals surface area (Å²) in [5.41, 5.74) is 2.82. The van der Waals surface area contributed by atoms with Gasteiger partial charge in [0.2, 0.25) is 12.6 Å². The quantitative estimate of drug-likeness (QED) is 0.298. The minimum atomic E-state index is -1.15. The maximum Gasteiger partial charge on any atom is 0.375 e. The average molecular weight is 622 g/mol. The number of esters is 2. The number of aryl methyl sites for hydroxylation is 1. The second kappa shape index (κ2) is 10.0. The first-order valence-electron chi connectivity index (χ1n) is 14.3. The topological polar surface area (TPSA) is 148 Å². The average Bonchev–Trinajstić information content (AvgIpc) is 3.38. The van der Waals surface area contributed by atoms with Crippen molar-refractivity contribution in [1.82, 2.24) is 9.80 Å². The smallest absolute Gasteiger partial charge is 0.375 e. The van der Waals surface area contributed by atoms with E-state index >= 15 is 0 Å². The van der Waals surface area contributed by atoms with Gasteiger partial charge >= 0.3 is 11.9 Å². The molecular formula is C31H31N3O9S. The summed E-state index contributed by atoms with van der Waals surface area (Å²) >= 11 is 1.22. The van der Waals surface area contributed by atoms with E-state index in [-0.39, 0.29) is 37.1 Å². The Kier molecular flexibility index (Phi) is 6.55. The van der Waals surface area contributed by atoms with Gasteiger partial charge in [-0.1, -0.05) is 6.07 Å². The van der Waals surface area contributed by atoms with Crippen molar-refractivity contribution >= 4 is 29.5 Å². The molecule has 2 saturated heterocycles. The zero-order valence-corrected chi connectivity index (χ0v) is 25.7. The molecule has 13 heteroatoms. The number of cyclic esters (lactones) is 1. The van der Waals surface area contributed by atoms with Crippen LogP contribution in [0, 0.1) is 25.2 Å². The highest BCUT2D eigenvalue weighted by molar-refractivity contribution is 8.00. The first-order valence-corrected chi connectivity index (χ1v) is 15.3. The van der Waals surface area contributed by atoms with Crippen LogP contribution in [0.2, 0.25) is 0 Å². The molecular weight excluding hydrogens is 590 g/mol. The molecule has 0 saturated carbocycles. The lowest BCUT2D eigenvalue weighted by atomic mass is 9.76. The molecule has 12 nitrogen and oxygen atoms in total. The number of rotatable bonds is 2.